The van der Waals surface area contributed by atoms with E-state index in [0.717, 1.165) is 5.76 Å². The molecule has 20 heavy (non-hydrogen) atoms. The van der Waals surface area contributed by atoms with Crippen LogP contribution >= 0.6 is 0 Å². The van der Waals surface area contributed by atoms with Gasteiger partial charge in [-0.3, -0.25) is 4.79 Å². The summed E-state index contributed by atoms with van der Waals surface area (Å²) in [5, 5.41) is 13.2. The first-order valence-electron chi connectivity index (χ1n) is 6.90. The highest BCUT2D eigenvalue weighted by Crippen LogP contribution is 2.26. The minimum atomic E-state index is -1.14. The van der Waals surface area contributed by atoms with Gasteiger partial charge in [-0.15, -0.1) is 0 Å². The van der Waals surface area contributed by atoms with Crippen LogP contribution in [0, 0.1) is 13.8 Å². The van der Waals surface area contributed by atoms with Gasteiger partial charge in [0.2, 0.25) is 5.91 Å². The Hall–Kier alpha value is -1.33. The van der Waals surface area contributed by atoms with E-state index in [1.165, 1.54) is 0 Å². The van der Waals surface area contributed by atoms with Gasteiger partial charge in [0.15, 0.2) is 0 Å². The fourth-order valence-electron chi connectivity index (χ4n) is 2.01. The molecule has 0 aliphatic carbocycles. The molecule has 1 unspecified atom stereocenters. The number of rotatable bonds is 7. The fourth-order valence-corrected chi connectivity index (χ4v) is 2.01. The molecule has 1 aromatic heterocycles. The van der Waals surface area contributed by atoms with Gasteiger partial charge in [-0.2, -0.15) is 0 Å². The molecule has 1 amide bonds. The second-order valence-corrected chi connectivity index (χ2v) is 5.55. The molecule has 1 rings (SSSR count). The second kappa shape index (κ2) is 6.90. The Kier molecular flexibility index (Phi) is 5.77. The molecule has 0 saturated carbocycles. The maximum atomic E-state index is 11.7. The normalized spacial score (nSPS) is 14.3. The summed E-state index contributed by atoms with van der Waals surface area (Å²) >= 11 is 0. The van der Waals surface area contributed by atoms with Crippen molar-refractivity contribution >= 4 is 5.91 Å². The molecular formula is C15H25NO4. The quantitative estimate of drug-likeness (QED) is 0.803. The van der Waals surface area contributed by atoms with Crippen molar-refractivity contribution in [1.29, 1.82) is 0 Å². The Morgan fingerprint density at radius 2 is 2.15 bits per heavy atom. The van der Waals surface area contributed by atoms with E-state index in [1.807, 2.05) is 20.8 Å². The molecule has 0 saturated heterocycles. The SMILES string of the molecule is Cc1cc(C(C)(O)CNC(=O)CCOC(C)C)c(C)o1. The van der Waals surface area contributed by atoms with E-state index in [1.54, 1.807) is 19.9 Å². The van der Waals surface area contributed by atoms with E-state index in [4.69, 9.17) is 9.15 Å². The van der Waals surface area contributed by atoms with E-state index in [2.05, 4.69) is 5.32 Å². The molecule has 0 aliphatic rings. The van der Waals surface area contributed by atoms with Crippen LogP contribution in [0.2, 0.25) is 0 Å². The Morgan fingerprint density at radius 1 is 1.50 bits per heavy atom. The Balaban J connectivity index is 2.47. The number of nitrogens with one attached hydrogen (secondary N) is 1. The van der Waals surface area contributed by atoms with Crippen LogP contribution in [0.1, 0.15) is 44.3 Å². The molecule has 114 valence electrons. The van der Waals surface area contributed by atoms with E-state index in [-0.39, 0.29) is 25.0 Å². The third kappa shape index (κ3) is 4.98. The molecule has 0 bridgehead atoms. The topological polar surface area (TPSA) is 71.7 Å². The van der Waals surface area contributed by atoms with Gasteiger partial charge in [0, 0.05) is 12.0 Å². The van der Waals surface area contributed by atoms with Crippen molar-refractivity contribution in [3.05, 3.63) is 23.2 Å². The number of amides is 1. The predicted molar refractivity (Wildman–Crippen MR) is 76.5 cm³/mol. The van der Waals surface area contributed by atoms with Gasteiger partial charge < -0.3 is 19.6 Å². The van der Waals surface area contributed by atoms with Crippen LogP contribution in [0.5, 0.6) is 0 Å². The lowest BCUT2D eigenvalue weighted by molar-refractivity contribution is -0.123. The average Bonchev–Trinajstić information content (AvgIpc) is 2.66. The summed E-state index contributed by atoms with van der Waals surface area (Å²) in [7, 11) is 0. The highest BCUT2D eigenvalue weighted by atomic mass is 16.5. The zero-order valence-corrected chi connectivity index (χ0v) is 12.9. The van der Waals surface area contributed by atoms with Crippen LogP contribution in [0.25, 0.3) is 0 Å². The summed E-state index contributed by atoms with van der Waals surface area (Å²) in [6, 6.07) is 1.80. The van der Waals surface area contributed by atoms with E-state index in [9.17, 15) is 9.90 Å². The smallest absolute Gasteiger partial charge is 0.222 e. The van der Waals surface area contributed by atoms with Crippen molar-refractivity contribution in [3.8, 4) is 0 Å². The van der Waals surface area contributed by atoms with Gasteiger partial charge in [-0.25, -0.2) is 0 Å². The number of carbonyl (C=O) groups excluding carboxylic acids is 1. The van der Waals surface area contributed by atoms with Gasteiger partial charge in [0.05, 0.1) is 19.3 Å². The third-order valence-electron chi connectivity index (χ3n) is 3.03. The number of carbonyl (C=O) groups is 1. The van der Waals surface area contributed by atoms with Gasteiger partial charge >= 0.3 is 0 Å². The molecule has 0 radical (unpaired) electrons. The lowest BCUT2D eigenvalue weighted by atomic mass is 9.96. The molecule has 1 heterocycles. The van der Waals surface area contributed by atoms with E-state index in [0.29, 0.717) is 17.9 Å². The largest absolute Gasteiger partial charge is 0.466 e. The molecule has 0 aliphatic heterocycles. The summed E-state index contributed by atoms with van der Waals surface area (Å²) in [5.41, 5.74) is -0.440. The van der Waals surface area contributed by atoms with Crippen LogP contribution in [-0.2, 0) is 15.1 Å². The summed E-state index contributed by atoms with van der Waals surface area (Å²) in [6.45, 7) is 9.67. The van der Waals surface area contributed by atoms with Crippen LogP contribution in [0.15, 0.2) is 10.5 Å². The molecule has 0 fully saturated rings. The van der Waals surface area contributed by atoms with Crippen molar-refractivity contribution < 1.29 is 19.1 Å². The summed E-state index contributed by atoms with van der Waals surface area (Å²) < 4.78 is 10.7. The first-order valence-corrected chi connectivity index (χ1v) is 6.90. The summed E-state index contributed by atoms with van der Waals surface area (Å²) in [4.78, 5) is 11.7. The maximum absolute atomic E-state index is 11.7. The highest BCUT2D eigenvalue weighted by molar-refractivity contribution is 5.76. The Morgan fingerprint density at radius 3 is 2.65 bits per heavy atom. The van der Waals surface area contributed by atoms with Crippen molar-refractivity contribution in [2.75, 3.05) is 13.2 Å². The first-order chi connectivity index (χ1) is 9.22. The van der Waals surface area contributed by atoms with E-state index >= 15 is 0 Å². The monoisotopic (exact) mass is 283 g/mol. The number of ether oxygens (including phenoxy) is 1. The zero-order chi connectivity index (χ0) is 15.3. The molecule has 1 aromatic rings. The van der Waals surface area contributed by atoms with E-state index < -0.39 is 5.60 Å². The minimum Gasteiger partial charge on any atom is -0.466 e. The zero-order valence-electron chi connectivity index (χ0n) is 12.9. The van der Waals surface area contributed by atoms with Crippen molar-refractivity contribution in [3.63, 3.8) is 0 Å². The number of hydrogen-bond donors (Lipinski definition) is 2. The standard InChI is InChI=1S/C15H25NO4/c1-10(2)19-7-6-14(17)16-9-15(5,18)13-8-11(3)20-12(13)4/h8,10,18H,6-7,9H2,1-5H3,(H,16,17). The van der Waals surface area contributed by atoms with Crippen molar-refractivity contribution in [2.24, 2.45) is 0 Å². The third-order valence-corrected chi connectivity index (χ3v) is 3.03. The summed E-state index contributed by atoms with van der Waals surface area (Å²) in [6.07, 6.45) is 0.403. The lowest BCUT2D eigenvalue weighted by Gasteiger charge is -2.23. The molecule has 1 atom stereocenters. The van der Waals surface area contributed by atoms with Gasteiger partial charge in [-0.1, -0.05) is 0 Å². The molecule has 0 aromatic carbocycles. The lowest BCUT2D eigenvalue weighted by Crippen LogP contribution is -2.39. The van der Waals surface area contributed by atoms with Gasteiger partial charge in [0.1, 0.15) is 17.1 Å². The van der Waals surface area contributed by atoms with Gasteiger partial charge in [-0.05, 0) is 40.7 Å². The fraction of sp³-hybridized carbons (Fsp3) is 0.667. The number of aryl methyl sites for hydroxylation is 2. The predicted octanol–water partition coefficient (Wildman–Crippen LogP) is 2.04. The highest BCUT2D eigenvalue weighted by Gasteiger charge is 2.28. The van der Waals surface area contributed by atoms with Crippen molar-refractivity contribution in [1.82, 2.24) is 5.32 Å². The molecule has 2 N–H and O–H groups in total. The summed E-state index contributed by atoms with van der Waals surface area (Å²) in [5.74, 6) is 1.28. The Labute approximate surface area is 120 Å². The van der Waals surface area contributed by atoms with Crippen LogP contribution < -0.4 is 5.32 Å². The maximum Gasteiger partial charge on any atom is 0.222 e. The number of aliphatic hydroxyl groups is 1. The molecule has 5 nitrogen and oxygen atoms in total. The van der Waals surface area contributed by atoms with Crippen molar-refractivity contribution in [2.45, 2.75) is 52.7 Å². The average molecular weight is 283 g/mol. The number of hydrogen-bond acceptors (Lipinski definition) is 4. The van der Waals surface area contributed by atoms with Gasteiger partial charge in [0.25, 0.3) is 0 Å². The van der Waals surface area contributed by atoms with Crippen LogP contribution in [-0.4, -0.2) is 30.3 Å². The van der Waals surface area contributed by atoms with Crippen LogP contribution in [0.3, 0.4) is 0 Å². The van der Waals surface area contributed by atoms with Crippen LogP contribution in [0.4, 0.5) is 0 Å². The minimum absolute atomic E-state index is 0.113. The molecule has 0 spiro atoms. The molecular weight excluding hydrogens is 258 g/mol. The number of furan rings is 1. The molecule has 5 heteroatoms. The first kappa shape index (κ1) is 16.7. The second-order valence-electron chi connectivity index (χ2n) is 5.55. The Bertz CT molecular complexity index is 449.